The number of H-pyrrole nitrogens is 1. The number of nitrogens with zero attached hydrogens (tertiary/aromatic N) is 3. The normalized spacial score (nSPS) is 11.2. The molecule has 8 heteroatoms. The number of benzene rings is 3. The molecule has 0 bridgehead atoms. The fraction of sp³-hybridized carbons (Fsp3) is 0.125. The van der Waals surface area contributed by atoms with Gasteiger partial charge < -0.3 is 19.6 Å². The van der Waals surface area contributed by atoms with Gasteiger partial charge in [-0.3, -0.25) is 9.59 Å². The van der Waals surface area contributed by atoms with Crippen LogP contribution >= 0.6 is 0 Å². The van der Waals surface area contributed by atoms with Crippen LogP contribution in [-0.2, 0) is 13.5 Å². The summed E-state index contributed by atoms with van der Waals surface area (Å²) in [5.41, 5.74) is 5.49. The van der Waals surface area contributed by atoms with Crippen LogP contribution in [0.3, 0.4) is 0 Å². The highest BCUT2D eigenvalue weighted by Gasteiger charge is 2.20. The molecule has 198 valence electrons. The number of carbonyl (C=O) groups is 1. The number of aryl methyl sites for hydroxylation is 2. The Hall–Kier alpha value is -5.24. The minimum atomic E-state index is -0.451. The number of nitrogens with one attached hydrogen (secondary N) is 2. The quantitative estimate of drug-likeness (QED) is 0.260. The van der Waals surface area contributed by atoms with E-state index in [1.165, 1.54) is 6.33 Å². The van der Waals surface area contributed by atoms with Crippen molar-refractivity contribution in [2.24, 2.45) is 7.05 Å². The zero-order valence-electron chi connectivity index (χ0n) is 22.4. The number of rotatable bonds is 6. The van der Waals surface area contributed by atoms with Crippen LogP contribution in [0, 0.1) is 6.92 Å². The minimum absolute atomic E-state index is 0.132. The van der Waals surface area contributed by atoms with Gasteiger partial charge in [-0.25, -0.2) is 9.97 Å². The highest BCUT2D eigenvalue weighted by atomic mass is 16.5. The summed E-state index contributed by atoms with van der Waals surface area (Å²) in [6, 6.07) is 22.7. The Morgan fingerprint density at radius 2 is 1.80 bits per heavy atom. The number of fused-ring (bicyclic) bond motifs is 2. The molecule has 6 rings (SSSR count). The van der Waals surface area contributed by atoms with Gasteiger partial charge in [-0.2, -0.15) is 0 Å². The van der Waals surface area contributed by atoms with E-state index in [-0.39, 0.29) is 11.0 Å². The van der Waals surface area contributed by atoms with Gasteiger partial charge in [0.05, 0.1) is 10.9 Å². The second kappa shape index (κ2) is 10.1. The number of ether oxygens (including phenoxy) is 1. The van der Waals surface area contributed by atoms with E-state index in [4.69, 9.17) is 4.74 Å². The second-order valence-electron chi connectivity index (χ2n) is 9.60. The van der Waals surface area contributed by atoms with E-state index in [1.54, 1.807) is 31.2 Å². The molecule has 0 spiro atoms. The molecule has 0 atom stereocenters. The van der Waals surface area contributed by atoms with Crippen LogP contribution in [-0.4, -0.2) is 25.4 Å². The topological polar surface area (TPSA) is 102 Å². The van der Waals surface area contributed by atoms with E-state index in [9.17, 15) is 9.59 Å². The zero-order chi connectivity index (χ0) is 27.8. The molecule has 6 aromatic rings. The standard InChI is InChI=1S/C32H27N5O3/c1-4-20-10-15-26-24(16-20)29(38)27(19(2)37(26)3)31(39)36-22-11-13-23(14-12-22)40-32-28-25(21-8-6-5-7-9-21)17-33-30(28)34-18-35-32/h5-18H,4H2,1-3H3,(H,36,39)(H,33,34,35). The average Bonchev–Trinajstić information content (AvgIpc) is 3.43. The fourth-order valence-electron chi connectivity index (χ4n) is 4.96. The summed E-state index contributed by atoms with van der Waals surface area (Å²) in [6.45, 7) is 3.82. The van der Waals surface area contributed by atoms with Crippen LogP contribution in [0.1, 0.15) is 28.5 Å². The largest absolute Gasteiger partial charge is 0.438 e. The van der Waals surface area contributed by atoms with Crippen LogP contribution in [0.2, 0.25) is 0 Å². The van der Waals surface area contributed by atoms with Crippen molar-refractivity contribution in [3.63, 3.8) is 0 Å². The molecular formula is C32H27N5O3. The molecule has 0 aliphatic rings. The maximum atomic E-state index is 13.4. The van der Waals surface area contributed by atoms with Crippen molar-refractivity contribution in [2.75, 3.05) is 5.32 Å². The molecule has 2 N–H and O–H groups in total. The van der Waals surface area contributed by atoms with Gasteiger partial charge in [0, 0.05) is 35.6 Å². The first kappa shape index (κ1) is 25.1. The number of anilines is 1. The molecule has 1 amide bonds. The SMILES string of the molecule is CCc1ccc2c(c1)c(=O)c(C(=O)Nc1ccc(Oc3ncnc4[nH]cc(-c5ccccc5)c34)cc1)c(C)n2C. The molecule has 0 aliphatic carbocycles. The summed E-state index contributed by atoms with van der Waals surface area (Å²) in [5.74, 6) is 0.514. The molecule has 3 heterocycles. The van der Waals surface area contributed by atoms with E-state index in [0.29, 0.717) is 34.0 Å². The van der Waals surface area contributed by atoms with E-state index < -0.39 is 5.91 Å². The number of carbonyl (C=O) groups excluding carboxylic acids is 1. The number of pyridine rings is 1. The number of hydrogen-bond donors (Lipinski definition) is 2. The summed E-state index contributed by atoms with van der Waals surface area (Å²) < 4.78 is 8.03. The highest BCUT2D eigenvalue weighted by Crippen LogP contribution is 2.35. The first-order valence-corrected chi connectivity index (χ1v) is 13.0. The van der Waals surface area contributed by atoms with Gasteiger partial charge in [-0.05, 0) is 60.9 Å². The van der Waals surface area contributed by atoms with Crippen molar-refractivity contribution >= 4 is 33.5 Å². The molecule has 0 saturated heterocycles. The van der Waals surface area contributed by atoms with Crippen molar-refractivity contribution < 1.29 is 9.53 Å². The molecule has 0 aliphatic heterocycles. The smallest absolute Gasteiger partial charge is 0.261 e. The summed E-state index contributed by atoms with van der Waals surface area (Å²) in [4.78, 5) is 38.6. The average molecular weight is 530 g/mol. The predicted octanol–water partition coefficient (Wildman–Crippen LogP) is 6.39. The minimum Gasteiger partial charge on any atom is -0.438 e. The predicted molar refractivity (Wildman–Crippen MR) is 157 cm³/mol. The molecule has 3 aromatic carbocycles. The monoisotopic (exact) mass is 529 g/mol. The Morgan fingerprint density at radius 1 is 1.02 bits per heavy atom. The Morgan fingerprint density at radius 3 is 2.55 bits per heavy atom. The number of hydrogen-bond acceptors (Lipinski definition) is 5. The molecule has 8 nitrogen and oxygen atoms in total. The highest BCUT2D eigenvalue weighted by molar-refractivity contribution is 6.07. The molecule has 0 saturated carbocycles. The molecule has 0 radical (unpaired) electrons. The number of aromatic amines is 1. The Labute approximate surface area is 230 Å². The lowest BCUT2D eigenvalue weighted by Crippen LogP contribution is -2.26. The lowest BCUT2D eigenvalue weighted by molar-refractivity contribution is 0.102. The van der Waals surface area contributed by atoms with E-state index in [2.05, 4.69) is 20.3 Å². The first-order valence-electron chi connectivity index (χ1n) is 13.0. The van der Waals surface area contributed by atoms with Crippen LogP contribution in [0.5, 0.6) is 11.6 Å². The summed E-state index contributed by atoms with van der Waals surface area (Å²) in [7, 11) is 1.86. The van der Waals surface area contributed by atoms with Crippen molar-refractivity contribution in [1.82, 2.24) is 19.5 Å². The zero-order valence-corrected chi connectivity index (χ0v) is 22.4. The van der Waals surface area contributed by atoms with Crippen molar-refractivity contribution in [3.8, 4) is 22.8 Å². The van der Waals surface area contributed by atoms with E-state index in [1.807, 2.05) is 73.3 Å². The third kappa shape index (κ3) is 4.39. The van der Waals surface area contributed by atoms with Crippen LogP contribution in [0.4, 0.5) is 5.69 Å². The van der Waals surface area contributed by atoms with Crippen molar-refractivity contribution in [1.29, 1.82) is 0 Å². The molecule has 0 unspecified atom stereocenters. The molecule has 0 fully saturated rings. The Bertz CT molecular complexity index is 1940. The van der Waals surface area contributed by atoms with Gasteiger partial charge in [0.2, 0.25) is 11.3 Å². The number of aromatic nitrogens is 4. The van der Waals surface area contributed by atoms with Gasteiger partial charge in [-0.1, -0.05) is 43.3 Å². The van der Waals surface area contributed by atoms with Gasteiger partial charge in [0.15, 0.2) is 0 Å². The maximum absolute atomic E-state index is 13.4. The lowest BCUT2D eigenvalue weighted by Gasteiger charge is -2.15. The summed E-state index contributed by atoms with van der Waals surface area (Å²) in [6.07, 6.45) is 4.15. The third-order valence-electron chi connectivity index (χ3n) is 7.24. The van der Waals surface area contributed by atoms with Crippen LogP contribution < -0.4 is 15.5 Å². The second-order valence-corrected chi connectivity index (χ2v) is 9.60. The molecular weight excluding hydrogens is 502 g/mol. The first-order chi connectivity index (χ1) is 19.4. The van der Waals surface area contributed by atoms with Gasteiger partial charge in [0.1, 0.15) is 23.3 Å². The van der Waals surface area contributed by atoms with Crippen LogP contribution in [0.15, 0.2) is 90.1 Å². The Balaban J connectivity index is 1.27. The third-order valence-corrected chi connectivity index (χ3v) is 7.24. The molecule has 40 heavy (non-hydrogen) atoms. The fourth-order valence-corrected chi connectivity index (χ4v) is 4.96. The number of amides is 1. The van der Waals surface area contributed by atoms with Crippen molar-refractivity contribution in [2.45, 2.75) is 20.3 Å². The van der Waals surface area contributed by atoms with Gasteiger partial charge in [-0.15, -0.1) is 0 Å². The summed E-state index contributed by atoms with van der Waals surface area (Å²) in [5, 5.41) is 4.19. The van der Waals surface area contributed by atoms with E-state index in [0.717, 1.165) is 34.0 Å². The summed E-state index contributed by atoms with van der Waals surface area (Å²) >= 11 is 0. The Kier molecular flexibility index (Phi) is 6.36. The maximum Gasteiger partial charge on any atom is 0.261 e. The van der Waals surface area contributed by atoms with Crippen molar-refractivity contribution in [3.05, 3.63) is 112 Å². The lowest BCUT2D eigenvalue weighted by atomic mass is 10.0. The van der Waals surface area contributed by atoms with Crippen LogP contribution in [0.25, 0.3) is 33.1 Å². The van der Waals surface area contributed by atoms with Gasteiger partial charge >= 0.3 is 0 Å². The van der Waals surface area contributed by atoms with E-state index >= 15 is 0 Å². The van der Waals surface area contributed by atoms with Gasteiger partial charge in [0.25, 0.3) is 5.91 Å². The molecule has 3 aromatic heterocycles.